The van der Waals surface area contributed by atoms with Crippen molar-refractivity contribution in [2.24, 2.45) is 0 Å². The number of carbonyl (C=O) groups is 1. The van der Waals surface area contributed by atoms with Crippen molar-refractivity contribution >= 4 is 6.09 Å². The summed E-state index contributed by atoms with van der Waals surface area (Å²) >= 11 is 0. The number of hydrogen-bond acceptors (Lipinski definition) is 3. The van der Waals surface area contributed by atoms with E-state index in [1.54, 1.807) is 20.8 Å². The largest absolute Gasteiger partial charge is 0.444 e. The van der Waals surface area contributed by atoms with E-state index in [9.17, 15) is 9.90 Å². The van der Waals surface area contributed by atoms with Gasteiger partial charge in [0, 0.05) is 13.0 Å². The van der Waals surface area contributed by atoms with E-state index in [1.807, 2.05) is 42.5 Å². The molecule has 0 spiro atoms. The van der Waals surface area contributed by atoms with Gasteiger partial charge in [0.25, 0.3) is 0 Å². The molecular formula is C20H25NO3. The Hall–Kier alpha value is -2.33. The highest BCUT2D eigenvalue weighted by Crippen LogP contribution is 2.19. The van der Waals surface area contributed by atoms with E-state index in [2.05, 4.69) is 17.4 Å². The number of alkyl carbamates (subject to hydrolysis) is 1. The molecule has 0 bridgehead atoms. The zero-order chi connectivity index (χ0) is 17.6. The Labute approximate surface area is 143 Å². The molecule has 0 radical (unpaired) electrons. The van der Waals surface area contributed by atoms with Gasteiger partial charge in [0.2, 0.25) is 0 Å². The summed E-state index contributed by atoms with van der Waals surface area (Å²) in [7, 11) is 0. The number of aliphatic hydroxyl groups excluding tert-OH is 1. The number of aliphatic hydroxyl groups is 1. The first-order chi connectivity index (χ1) is 11.3. The predicted molar refractivity (Wildman–Crippen MR) is 95.8 cm³/mol. The van der Waals surface area contributed by atoms with Gasteiger partial charge >= 0.3 is 6.09 Å². The lowest BCUT2D eigenvalue weighted by Gasteiger charge is -2.20. The van der Waals surface area contributed by atoms with Crippen molar-refractivity contribution in [3.05, 3.63) is 60.2 Å². The zero-order valence-corrected chi connectivity index (χ0v) is 14.5. The summed E-state index contributed by atoms with van der Waals surface area (Å²) in [6.07, 6.45) is -0.689. The number of nitrogens with one attached hydrogen (secondary N) is 1. The lowest BCUT2D eigenvalue weighted by Crippen LogP contribution is -2.37. The normalized spacial score (nSPS) is 12.5. The van der Waals surface area contributed by atoms with Gasteiger partial charge in [-0.05, 0) is 37.5 Å². The molecule has 0 saturated carbocycles. The molecule has 0 aliphatic rings. The maximum absolute atomic E-state index is 11.6. The number of hydrogen-bond donors (Lipinski definition) is 2. The number of carbonyl (C=O) groups excluding carboxylic acids is 1. The van der Waals surface area contributed by atoms with Crippen LogP contribution in [-0.4, -0.2) is 29.4 Å². The fourth-order valence-corrected chi connectivity index (χ4v) is 2.32. The maximum Gasteiger partial charge on any atom is 0.407 e. The second kappa shape index (κ2) is 7.97. The Kier molecular flexibility index (Phi) is 5.99. The molecule has 2 aromatic carbocycles. The van der Waals surface area contributed by atoms with Gasteiger partial charge in [0.15, 0.2) is 0 Å². The van der Waals surface area contributed by atoms with E-state index in [1.165, 1.54) is 0 Å². The van der Waals surface area contributed by atoms with Crippen LogP contribution in [0.4, 0.5) is 4.79 Å². The Morgan fingerprint density at radius 3 is 2.21 bits per heavy atom. The van der Waals surface area contributed by atoms with Crippen LogP contribution in [0.15, 0.2) is 54.6 Å². The monoisotopic (exact) mass is 327 g/mol. The number of rotatable bonds is 5. The van der Waals surface area contributed by atoms with Crippen LogP contribution in [0.5, 0.6) is 0 Å². The zero-order valence-electron chi connectivity index (χ0n) is 14.5. The van der Waals surface area contributed by atoms with Crippen molar-refractivity contribution < 1.29 is 14.6 Å². The molecule has 2 N–H and O–H groups in total. The highest BCUT2D eigenvalue weighted by atomic mass is 16.6. The van der Waals surface area contributed by atoms with E-state index in [0.717, 1.165) is 16.7 Å². The molecule has 0 aliphatic heterocycles. The smallest absolute Gasteiger partial charge is 0.407 e. The Morgan fingerprint density at radius 2 is 1.62 bits per heavy atom. The van der Waals surface area contributed by atoms with Crippen LogP contribution in [0.2, 0.25) is 0 Å². The van der Waals surface area contributed by atoms with E-state index in [-0.39, 0.29) is 6.54 Å². The topological polar surface area (TPSA) is 58.6 Å². The third-order valence-corrected chi connectivity index (χ3v) is 3.41. The molecule has 0 saturated heterocycles. The van der Waals surface area contributed by atoms with Crippen LogP contribution in [-0.2, 0) is 11.2 Å². The minimum atomic E-state index is -0.653. The summed E-state index contributed by atoms with van der Waals surface area (Å²) in [6, 6.07) is 18.2. The van der Waals surface area contributed by atoms with Crippen LogP contribution >= 0.6 is 0 Å². The van der Waals surface area contributed by atoms with Gasteiger partial charge in [-0.15, -0.1) is 0 Å². The second-order valence-electron chi connectivity index (χ2n) is 6.80. The quantitative estimate of drug-likeness (QED) is 0.878. The van der Waals surface area contributed by atoms with Gasteiger partial charge in [0.05, 0.1) is 6.10 Å². The number of ether oxygens (including phenoxy) is 1. The second-order valence-corrected chi connectivity index (χ2v) is 6.80. The molecule has 4 nitrogen and oxygen atoms in total. The summed E-state index contributed by atoms with van der Waals surface area (Å²) in [4.78, 5) is 11.6. The van der Waals surface area contributed by atoms with E-state index in [4.69, 9.17) is 4.74 Å². The van der Waals surface area contributed by atoms with Gasteiger partial charge < -0.3 is 15.2 Å². The molecule has 4 heteroatoms. The lowest BCUT2D eigenvalue weighted by molar-refractivity contribution is 0.0492. The van der Waals surface area contributed by atoms with Crippen LogP contribution in [0, 0.1) is 0 Å². The lowest BCUT2D eigenvalue weighted by atomic mass is 10.0. The average molecular weight is 327 g/mol. The third kappa shape index (κ3) is 6.05. The van der Waals surface area contributed by atoms with Crippen molar-refractivity contribution in [3.63, 3.8) is 0 Å². The van der Waals surface area contributed by atoms with E-state index < -0.39 is 17.8 Å². The molecular weight excluding hydrogens is 302 g/mol. The fraction of sp³-hybridized carbons (Fsp3) is 0.350. The molecule has 2 rings (SSSR count). The van der Waals surface area contributed by atoms with Crippen molar-refractivity contribution in [2.75, 3.05) is 6.54 Å². The predicted octanol–water partition coefficient (Wildman–Crippen LogP) is 3.78. The fourth-order valence-electron chi connectivity index (χ4n) is 2.32. The molecule has 0 fully saturated rings. The van der Waals surface area contributed by atoms with Gasteiger partial charge in [-0.25, -0.2) is 4.79 Å². The molecule has 0 aliphatic carbocycles. The highest BCUT2D eigenvalue weighted by Gasteiger charge is 2.16. The van der Waals surface area contributed by atoms with Gasteiger partial charge in [-0.3, -0.25) is 0 Å². The first kappa shape index (κ1) is 18.0. The molecule has 0 unspecified atom stereocenters. The Bertz CT molecular complexity index is 645. The summed E-state index contributed by atoms with van der Waals surface area (Å²) in [5.74, 6) is 0. The molecule has 1 amide bonds. The Balaban J connectivity index is 1.84. The molecule has 128 valence electrons. The van der Waals surface area contributed by atoms with Crippen LogP contribution in [0.3, 0.4) is 0 Å². The molecule has 2 aromatic rings. The van der Waals surface area contributed by atoms with E-state index >= 15 is 0 Å². The van der Waals surface area contributed by atoms with Crippen molar-refractivity contribution in [1.82, 2.24) is 5.32 Å². The van der Waals surface area contributed by atoms with Crippen LogP contribution < -0.4 is 5.32 Å². The molecule has 1 atom stereocenters. The van der Waals surface area contributed by atoms with Gasteiger partial charge in [-0.1, -0.05) is 54.6 Å². The minimum absolute atomic E-state index is 0.162. The van der Waals surface area contributed by atoms with Gasteiger partial charge in [0.1, 0.15) is 5.60 Å². The van der Waals surface area contributed by atoms with Crippen LogP contribution in [0.1, 0.15) is 26.3 Å². The number of amides is 1. The molecule has 24 heavy (non-hydrogen) atoms. The van der Waals surface area contributed by atoms with Gasteiger partial charge in [-0.2, -0.15) is 0 Å². The van der Waals surface area contributed by atoms with Crippen LogP contribution in [0.25, 0.3) is 11.1 Å². The maximum atomic E-state index is 11.6. The van der Waals surface area contributed by atoms with E-state index in [0.29, 0.717) is 6.42 Å². The number of benzene rings is 2. The summed E-state index contributed by atoms with van der Waals surface area (Å²) in [6.45, 7) is 5.57. The first-order valence-electron chi connectivity index (χ1n) is 8.13. The van der Waals surface area contributed by atoms with Crippen molar-refractivity contribution in [2.45, 2.75) is 38.9 Å². The van der Waals surface area contributed by atoms with Crippen molar-refractivity contribution in [1.29, 1.82) is 0 Å². The Morgan fingerprint density at radius 1 is 1.04 bits per heavy atom. The summed E-state index contributed by atoms with van der Waals surface area (Å²) < 4.78 is 5.14. The minimum Gasteiger partial charge on any atom is -0.444 e. The first-order valence-corrected chi connectivity index (χ1v) is 8.13. The summed E-state index contributed by atoms with van der Waals surface area (Å²) in [5, 5.41) is 12.7. The third-order valence-electron chi connectivity index (χ3n) is 3.41. The highest BCUT2D eigenvalue weighted by molar-refractivity contribution is 5.67. The SMILES string of the molecule is CC(C)(C)OC(=O)NC[C@@H](O)Cc1ccc(-c2ccccc2)cc1. The van der Waals surface area contributed by atoms with Crippen molar-refractivity contribution in [3.8, 4) is 11.1 Å². The molecule has 0 aromatic heterocycles. The summed E-state index contributed by atoms with van der Waals surface area (Å²) in [5.41, 5.74) is 2.78. The standard InChI is InChI=1S/C20H25NO3/c1-20(2,3)24-19(23)21-14-18(22)13-15-9-11-17(12-10-15)16-7-5-4-6-8-16/h4-12,18,22H,13-14H2,1-3H3,(H,21,23)/t18-/m0/s1. The average Bonchev–Trinajstić information content (AvgIpc) is 2.53. The molecule has 0 heterocycles.